The van der Waals surface area contributed by atoms with Crippen LogP contribution in [0.4, 0.5) is 62.6 Å². The Kier molecular flexibility index (Phi) is 26.0. The van der Waals surface area contributed by atoms with Crippen LogP contribution in [0.1, 0.15) is 151 Å². The number of benzene rings is 8. The molecule has 0 fully saturated rings. The average molecular weight is 1370 g/mol. The van der Waals surface area contributed by atoms with Crippen molar-refractivity contribution >= 4 is 62.6 Å². The number of nitrogens with zero attached hydrogens (tertiary/aromatic N) is 22. The van der Waals surface area contributed by atoms with Gasteiger partial charge in [-0.3, -0.25) is 19.4 Å². The number of rotatable bonds is 0. The first-order valence-corrected chi connectivity index (χ1v) is 28.6. The molecule has 105 heavy (non-hydrogen) atoms. The molecule has 0 radical (unpaired) electrons. The van der Waals surface area contributed by atoms with E-state index in [1.807, 2.05) is 24.3 Å². The molecular weight excluding hydrogens is 1310 g/mol. The molecule has 8 rings (SSSR count). The van der Waals surface area contributed by atoms with E-state index in [9.17, 15) is 0 Å². The largest absolute Gasteiger partial charge is 0.250 e. The van der Waals surface area contributed by atoms with Crippen molar-refractivity contribution < 1.29 is 17.8 Å². The zero-order chi connectivity index (χ0) is 91.3. The second-order valence-corrected chi connectivity index (χ2v) is 20.2. The van der Waals surface area contributed by atoms with E-state index in [0.717, 1.165) is 22.3 Å². The van der Waals surface area contributed by atoms with Gasteiger partial charge in [0.2, 0.25) is 34.1 Å². The molecule has 0 saturated carbocycles. The lowest BCUT2D eigenvalue weighted by Crippen LogP contribution is -1.95. The van der Waals surface area contributed by atoms with Gasteiger partial charge in [0.05, 0.1) is 185 Å². The number of para-hydroxylation sites is 1. The summed E-state index contributed by atoms with van der Waals surface area (Å²) in [5.41, 5.74) is 7.68. The first-order valence-electron chi connectivity index (χ1n) is 35.1. The van der Waals surface area contributed by atoms with Crippen LogP contribution in [-0.2, 0) is 0 Å². The van der Waals surface area contributed by atoms with Gasteiger partial charge in [-0.25, -0.2) is 33.9 Å². The lowest BCUT2D eigenvalue weighted by Gasteiger charge is -2.07. The topological polar surface area (TPSA) is 310 Å². The van der Waals surface area contributed by atoms with Crippen LogP contribution in [0.5, 0.6) is 0 Å². The van der Waals surface area contributed by atoms with Crippen LogP contribution >= 0.6 is 0 Å². The van der Waals surface area contributed by atoms with Gasteiger partial charge in [0.25, 0.3) is 0 Å². The second-order valence-electron chi connectivity index (χ2n) is 20.2. The molecule has 0 aromatic heterocycles. The van der Waals surface area contributed by atoms with Crippen LogP contribution < -0.4 is 0 Å². The minimum absolute atomic E-state index is 0.000556. The molecule has 0 heterocycles. The predicted octanol–water partition coefficient (Wildman–Crippen LogP) is 22.1. The molecule has 0 aliphatic heterocycles. The Morgan fingerprint density at radius 2 is 0.590 bits per heavy atom. The first-order chi connectivity index (χ1) is 55.5. The monoisotopic (exact) mass is 1370 g/mol. The van der Waals surface area contributed by atoms with E-state index in [-0.39, 0.29) is 173 Å². The second kappa shape index (κ2) is 42.2. The predicted molar refractivity (Wildman–Crippen MR) is 394 cm³/mol. The third kappa shape index (κ3) is 21.3. The summed E-state index contributed by atoms with van der Waals surface area (Å²) >= 11 is 0. The van der Waals surface area contributed by atoms with Crippen molar-refractivity contribution in [2.75, 3.05) is 0 Å². The number of nitriles is 11. The summed E-state index contributed by atoms with van der Waals surface area (Å²) in [5.74, 6) is 0. The summed E-state index contributed by atoms with van der Waals surface area (Å²) in [5, 5.41) is 97.2. The van der Waals surface area contributed by atoms with Crippen molar-refractivity contribution in [3.05, 3.63) is 338 Å². The SMILES string of the molecule is [2H]c1c(C)c(C#N)c(C)c(C)c1C#N.[2H]c1c(C)c(C#N)c(C)c(C)c1C#N.[2H]c1c(C)c(C#N)c([N+]#[C-])c([N+]#[C-])c1C.[2H]c1c(C)c(C)c(C#N)c([N+]#[C-])c1[N+]#[C-].[2H]c1c(C)c([2H])c([N+]#[C-])c([N+]#[C-])c1C#N.[2H]c1c([2H])c(C#N)c([N+]#[C-])c(C)c1C#N.[2H]c1c([2H])c(C#N)c([N+]#[C-])c([N+]#[C-])c1[2H].[2H]c1c([2H])c([N+]#[C-])c([N+]#[C-])c(C#N)c1C. The van der Waals surface area contributed by atoms with Gasteiger partial charge < -0.3 is 0 Å². The first kappa shape index (κ1) is 64.9. The van der Waals surface area contributed by atoms with E-state index in [4.69, 9.17) is 148 Å². The van der Waals surface area contributed by atoms with Gasteiger partial charge in [0.1, 0.15) is 0 Å². The van der Waals surface area contributed by atoms with Crippen molar-refractivity contribution in [1.29, 1.82) is 57.9 Å². The van der Waals surface area contributed by atoms with Crippen LogP contribution in [0.15, 0.2) is 78.6 Å². The molecule has 0 aliphatic carbocycles. The summed E-state index contributed by atoms with van der Waals surface area (Å²) in [6.07, 6.45) is 0. The Hall–Kier alpha value is -17.5. The number of hydrogen-bond acceptors (Lipinski definition) is 11. The smallest absolute Gasteiger partial charge is 0.212 e. The number of hydrogen-bond donors (Lipinski definition) is 0. The zero-order valence-corrected chi connectivity index (χ0v) is 57.8. The highest BCUT2D eigenvalue weighted by molar-refractivity contribution is 5.83. The molecule has 8 aromatic carbocycles. The molecule has 0 amide bonds. The molecule has 0 N–H and O–H groups in total. The molecule has 0 saturated heterocycles. The van der Waals surface area contributed by atoms with Crippen LogP contribution in [0.3, 0.4) is 0 Å². The Balaban J connectivity index is 0.000000674. The van der Waals surface area contributed by atoms with E-state index in [1.165, 1.54) is 20.8 Å². The van der Waals surface area contributed by atoms with Crippen molar-refractivity contribution in [3.8, 4) is 66.8 Å². The summed E-state index contributed by atoms with van der Waals surface area (Å²) in [4.78, 5) is 34.0. The maximum absolute atomic E-state index is 8.91. The van der Waals surface area contributed by atoms with E-state index in [1.54, 1.807) is 99.6 Å². The van der Waals surface area contributed by atoms with Gasteiger partial charge in [0, 0.05) is 33.3 Å². The van der Waals surface area contributed by atoms with Crippen LogP contribution in [0.2, 0.25) is 0 Å². The third-order valence-electron chi connectivity index (χ3n) is 14.1. The van der Waals surface area contributed by atoms with Gasteiger partial charge in [0.15, 0.2) is 28.4 Å². The van der Waals surface area contributed by atoms with Gasteiger partial charge >= 0.3 is 0 Å². The Labute approximate surface area is 630 Å². The molecule has 8 aromatic rings. The van der Waals surface area contributed by atoms with E-state index < -0.39 is 18.1 Å². The van der Waals surface area contributed by atoms with Crippen LogP contribution in [0.25, 0.3) is 53.3 Å². The third-order valence-corrected chi connectivity index (χ3v) is 14.1. The summed E-state index contributed by atoms with van der Waals surface area (Å²) in [6, 6.07) is 18.3. The summed E-state index contributed by atoms with van der Waals surface area (Å²) in [7, 11) is 0. The van der Waals surface area contributed by atoms with E-state index in [0.29, 0.717) is 61.2 Å². The lowest BCUT2D eigenvalue weighted by molar-refractivity contribution is 1.24. The minimum Gasteiger partial charge on any atom is -0.250 e. The fourth-order valence-electron chi connectivity index (χ4n) is 8.34. The summed E-state index contributed by atoms with van der Waals surface area (Å²) in [6.45, 7) is 97.4. The molecule has 0 bridgehead atoms. The molecular formula is C83H52N22. The van der Waals surface area contributed by atoms with Gasteiger partial charge in [-0.05, 0) is 157 Å². The quantitative estimate of drug-likeness (QED) is 0.128. The van der Waals surface area contributed by atoms with E-state index >= 15 is 0 Å². The highest BCUT2D eigenvalue weighted by Crippen LogP contribution is 2.39. The Morgan fingerprint density at radius 3 is 0.990 bits per heavy atom. The molecule has 22 nitrogen and oxygen atoms in total. The van der Waals surface area contributed by atoms with Crippen molar-refractivity contribution in [3.63, 3.8) is 0 Å². The van der Waals surface area contributed by atoms with Crippen LogP contribution in [-0.4, -0.2) is 0 Å². The normalized spacial score (nSPS) is 10.1. The Morgan fingerprint density at radius 1 is 0.229 bits per heavy atom. The maximum Gasteiger partial charge on any atom is 0.212 e. The molecule has 494 valence electrons. The van der Waals surface area contributed by atoms with Crippen molar-refractivity contribution in [1.82, 2.24) is 0 Å². The van der Waals surface area contributed by atoms with Crippen LogP contribution in [0, 0.1) is 287 Å². The highest BCUT2D eigenvalue weighted by atomic mass is 14.8. The fourth-order valence-corrected chi connectivity index (χ4v) is 8.34. The standard InChI is InChI=1S/2C11H7N3.2C11H10N2.3C10H5N3.C9H3N3/c1-7-5-10(13-3)11(14-4)9(6-12)8(7)2;1-7-5-8(2)10(13-3)11(14-4)9(7)6-12;2*1-7-4-10(5-12)8(2)9(3)11(7)6-13;1-7-4-8(6-11)10(13-3)9(5-7)12-2;1-7-4-5-9(12-2)10(13-3)8(7)6-11;1-7-8(5-11)3-4-9(6-12)10(7)13-2;1-11-8-5-3-4-7(6-10)9(8)12-2/h2*5H,1-2H3;2*4H,1-3H3;2*4-5H,1H3;3-4H,1H3;3-5H/i2*5D;2*4D;2*4D,5D;3D,4D;3D,4D,5D. The molecule has 0 unspecified atom stereocenters. The molecule has 0 aliphatic rings. The fraction of sp³-hybridized carbons (Fsp3) is 0.157. The minimum atomic E-state index is -0.495. The zero-order valence-electron chi connectivity index (χ0n) is 70.8. The highest BCUT2D eigenvalue weighted by Gasteiger charge is 2.17. The Bertz CT molecular complexity index is 5620. The average Bonchev–Trinajstić information content (AvgIpc) is 0.812. The van der Waals surface area contributed by atoms with E-state index in [2.05, 4.69) is 65.4 Å². The maximum atomic E-state index is 8.91. The molecule has 22 heteroatoms. The van der Waals surface area contributed by atoms with Gasteiger partial charge in [-0.1, -0.05) is 84.0 Å². The molecule has 0 spiro atoms. The van der Waals surface area contributed by atoms with Crippen molar-refractivity contribution in [2.45, 2.75) is 90.0 Å². The van der Waals surface area contributed by atoms with Crippen molar-refractivity contribution in [2.24, 2.45) is 0 Å². The van der Waals surface area contributed by atoms with Gasteiger partial charge in [-0.2, -0.15) is 57.9 Å². The molecule has 0 atom stereocenters. The van der Waals surface area contributed by atoms with Gasteiger partial charge in [-0.15, -0.1) is 0 Å². The summed E-state index contributed by atoms with van der Waals surface area (Å²) < 4.78 is 98.0. The lowest BCUT2D eigenvalue weighted by atomic mass is 9.95.